The summed E-state index contributed by atoms with van der Waals surface area (Å²) in [4.78, 5) is 16.8. The molecule has 6 heteroatoms. The molecule has 0 amide bonds. The highest BCUT2D eigenvalue weighted by Gasteiger charge is 2.29. The minimum absolute atomic E-state index is 0.329. The van der Waals surface area contributed by atoms with Crippen LogP contribution in [0.4, 0.5) is 5.69 Å². The molecule has 1 aliphatic heterocycles. The van der Waals surface area contributed by atoms with E-state index in [0.29, 0.717) is 29.8 Å². The Morgan fingerprint density at radius 3 is 2.29 bits per heavy atom. The summed E-state index contributed by atoms with van der Waals surface area (Å²) < 4.78 is 22.5. The molecule has 2 aromatic rings. The van der Waals surface area contributed by atoms with Crippen LogP contribution in [0.15, 0.2) is 65.2 Å². The molecule has 0 N–H and O–H groups in total. The number of carbonyl (C=O) groups excluding carboxylic acids is 1. The minimum atomic E-state index is -0.377. The normalized spacial score (nSPS) is 15.2. The maximum atomic E-state index is 12.0. The molecule has 0 saturated heterocycles. The van der Waals surface area contributed by atoms with Gasteiger partial charge in [0.2, 0.25) is 5.90 Å². The molecule has 0 fully saturated rings. The number of hydrogen-bond acceptors (Lipinski definition) is 6. The molecule has 0 atom stereocenters. The summed E-state index contributed by atoms with van der Waals surface area (Å²) in [7, 11) is 3.21. The van der Waals surface area contributed by atoms with Crippen LogP contribution < -0.4 is 9.47 Å². The number of carbonyl (C=O) groups is 1. The molecular formula is C28H33NO5. The Balaban J connectivity index is 2.12. The van der Waals surface area contributed by atoms with Gasteiger partial charge in [0, 0.05) is 11.6 Å². The van der Waals surface area contributed by atoms with Crippen molar-refractivity contribution in [3.05, 3.63) is 71.3 Å². The van der Waals surface area contributed by atoms with Crippen LogP contribution in [-0.4, -0.2) is 32.7 Å². The molecule has 34 heavy (non-hydrogen) atoms. The first-order valence-corrected chi connectivity index (χ1v) is 11.8. The first kappa shape index (κ1) is 25.1. The highest BCUT2D eigenvalue weighted by Crippen LogP contribution is 2.41. The number of hydrogen-bond donors (Lipinski definition) is 0. The zero-order valence-corrected chi connectivity index (χ0v) is 20.4. The van der Waals surface area contributed by atoms with Crippen LogP contribution in [0.1, 0.15) is 57.1 Å². The average Bonchev–Trinajstić information content (AvgIpc) is 3.20. The number of fused-ring (bicyclic) bond motifs is 1. The Labute approximate surface area is 201 Å². The van der Waals surface area contributed by atoms with Crippen molar-refractivity contribution in [2.45, 2.75) is 46.0 Å². The lowest BCUT2D eigenvalue weighted by atomic mass is 9.99. The third kappa shape index (κ3) is 6.28. The molecule has 180 valence electrons. The molecule has 3 rings (SSSR count). The number of rotatable bonds is 11. The van der Waals surface area contributed by atoms with Crippen LogP contribution in [0.5, 0.6) is 11.5 Å². The van der Waals surface area contributed by atoms with Gasteiger partial charge < -0.3 is 18.9 Å². The summed E-state index contributed by atoms with van der Waals surface area (Å²) in [5.74, 6) is 1.97. The van der Waals surface area contributed by atoms with Gasteiger partial charge in [0.05, 0.1) is 32.1 Å². The number of esters is 1. The standard InChI is InChI=1S/C28H33NO5/c1-5-7-8-10-13-20(16-17-26(30)33-6-2)27-22-18-24(31-3)25(32-4)19-23(22)28(34-27)29-21-14-11-9-12-15-21/h9,11-12,14-19H,5-8,10,13H2,1-4H3/b17-16+,27-20+,29-28?. The van der Waals surface area contributed by atoms with Crippen molar-refractivity contribution < 1.29 is 23.7 Å². The second-order valence-corrected chi connectivity index (χ2v) is 7.86. The van der Waals surface area contributed by atoms with Crippen molar-refractivity contribution in [3.63, 3.8) is 0 Å². The van der Waals surface area contributed by atoms with E-state index >= 15 is 0 Å². The minimum Gasteiger partial charge on any atom is -0.493 e. The first-order valence-electron chi connectivity index (χ1n) is 11.8. The summed E-state index contributed by atoms with van der Waals surface area (Å²) in [5.41, 5.74) is 3.36. The summed E-state index contributed by atoms with van der Waals surface area (Å²) in [5, 5.41) is 0. The summed E-state index contributed by atoms with van der Waals surface area (Å²) in [6.45, 7) is 4.30. The third-order valence-electron chi connectivity index (χ3n) is 5.48. The van der Waals surface area contributed by atoms with Gasteiger partial charge in [-0.3, -0.25) is 0 Å². The second-order valence-electron chi connectivity index (χ2n) is 7.86. The van der Waals surface area contributed by atoms with Gasteiger partial charge >= 0.3 is 5.97 Å². The molecule has 2 aromatic carbocycles. The topological polar surface area (TPSA) is 66.4 Å². The lowest BCUT2D eigenvalue weighted by molar-refractivity contribution is -0.137. The van der Waals surface area contributed by atoms with Crippen molar-refractivity contribution in [2.24, 2.45) is 4.99 Å². The van der Waals surface area contributed by atoms with Crippen molar-refractivity contribution >= 4 is 23.3 Å². The van der Waals surface area contributed by atoms with Gasteiger partial charge in [-0.15, -0.1) is 0 Å². The molecule has 6 nitrogen and oxygen atoms in total. The Kier molecular flexibility index (Phi) is 9.32. The van der Waals surface area contributed by atoms with E-state index in [2.05, 4.69) is 6.92 Å². The summed E-state index contributed by atoms with van der Waals surface area (Å²) in [6.07, 6.45) is 8.41. The van der Waals surface area contributed by atoms with Crippen LogP contribution in [0.3, 0.4) is 0 Å². The zero-order chi connectivity index (χ0) is 24.3. The molecule has 0 bridgehead atoms. The molecule has 0 saturated carbocycles. The Hall–Kier alpha value is -3.54. The number of aliphatic imine (C=N–C) groups is 1. The zero-order valence-electron chi connectivity index (χ0n) is 20.4. The largest absolute Gasteiger partial charge is 0.493 e. The predicted octanol–water partition coefficient (Wildman–Crippen LogP) is 6.61. The van der Waals surface area contributed by atoms with Gasteiger partial charge in [0.25, 0.3) is 0 Å². The Morgan fingerprint density at radius 1 is 0.941 bits per heavy atom. The Bertz CT molecular complexity index is 1070. The van der Waals surface area contributed by atoms with Crippen molar-refractivity contribution in [1.82, 2.24) is 0 Å². The van der Waals surface area contributed by atoms with Gasteiger partial charge in [-0.05, 0) is 55.7 Å². The number of benzene rings is 2. The van der Waals surface area contributed by atoms with Crippen LogP contribution in [0.2, 0.25) is 0 Å². The van der Waals surface area contributed by atoms with Crippen LogP contribution >= 0.6 is 0 Å². The van der Waals surface area contributed by atoms with E-state index in [-0.39, 0.29) is 5.97 Å². The number of para-hydroxylation sites is 1. The lowest BCUT2D eigenvalue weighted by Gasteiger charge is -2.10. The van der Waals surface area contributed by atoms with Gasteiger partial charge in [-0.2, -0.15) is 0 Å². The van der Waals surface area contributed by atoms with Crippen molar-refractivity contribution in [1.29, 1.82) is 0 Å². The second kappa shape index (κ2) is 12.6. The summed E-state index contributed by atoms with van der Waals surface area (Å²) >= 11 is 0. The number of allylic oxidation sites excluding steroid dienone is 2. The molecule has 1 aliphatic rings. The molecule has 0 spiro atoms. The van der Waals surface area contributed by atoms with Crippen LogP contribution in [-0.2, 0) is 14.3 Å². The Morgan fingerprint density at radius 2 is 1.65 bits per heavy atom. The molecule has 1 heterocycles. The van der Waals surface area contributed by atoms with E-state index in [9.17, 15) is 4.79 Å². The third-order valence-corrected chi connectivity index (χ3v) is 5.48. The number of unbranched alkanes of at least 4 members (excludes halogenated alkanes) is 3. The van der Waals surface area contributed by atoms with E-state index in [0.717, 1.165) is 54.5 Å². The van der Waals surface area contributed by atoms with Crippen molar-refractivity contribution in [3.8, 4) is 11.5 Å². The highest BCUT2D eigenvalue weighted by atomic mass is 16.5. The van der Waals surface area contributed by atoms with E-state index in [1.807, 2.05) is 42.5 Å². The molecule has 0 aromatic heterocycles. The molecule has 0 radical (unpaired) electrons. The van der Waals surface area contributed by atoms with Gasteiger partial charge in [-0.1, -0.05) is 44.4 Å². The van der Waals surface area contributed by atoms with Crippen LogP contribution in [0.25, 0.3) is 5.76 Å². The predicted molar refractivity (Wildman–Crippen MR) is 135 cm³/mol. The number of ether oxygens (including phenoxy) is 4. The molecule has 0 aliphatic carbocycles. The van der Waals surface area contributed by atoms with E-state index < -0.39 is 0 Å². The SMILES string of the molecule is CCCCCCC(/C=C/C(=O)OCC)=C1\OC(=Nc2ccccc2)c2cc(OC)c(OC)cc21. The van der Waals surface area contributed by atoms with Gasteiger partial charge in [0.15, 0.2) is 11.5 Å². The van der Waals surface area contributed by atoms with Crippen LogP contribution in [0, 0.1) is 0 Å². The van der Waals surface area contributed by atoms with Gasteiger partial charge in [0.1, 0.15) is 5.76 Å². The monoisotopic (exact) mass is 463 g/mol. The van der Waals surface area contributed by atoms with Gasteiger partial charge in [-0.25, -0.2) is 9.79 Å². The van der Waals surface area contributed by atoms with E-state index in [1.54, 1.807) is 27.2 Å². The highest BCUT2D eigenvalue weighted by molar-refractivity contribution is 6.08. The first-order chi connectivity index (χ1) is 16.6. The molecule has 0 unspecified atom stereocenters. The fraction of sp³-hybridized carbons (Fsp3) is 0.357. The number of methoxy groups -OCH3 is 2. The van der Waals surface area contributed by atoms with Crippen molar-refractivity contribution in [2.75, 3.05) is 20.8 Å². The summed E-state index contributed by atoms with van der Waals surface area (Å²) in [6, 6.07) is 13.4. The quantitative estimate of drug-likeness (QED) is 0.213. The maximum Gasteiger partial charge on any atom is 0.330 e. The smallest absolute Gasteiger partial charge is 0.330 e. The van der Waals surface area contributed by atoms with E-state index in [1.165, 1.54) is 6.08 Å². The average molecular weight is 464 g/mol. The molecular weight excluding hydrogens is 430 g/mol. The van der Waals surface area contributed by atoms with E-state index in [4.69, 9.17) is 23.9 Å². The fourth-order valence-corrected chi connectivity index (χ4v) is 3.77. The maximum absolute atomic E-state index is 12.0. The lowest BCUT2D eigenvalue weighted by Crippen LogP contribution is -2.00. The number of nitrogens with zero attached hydrogens (tertiary/aromatic N) is 1. The fourth-order valence-electron chi connectivity index (χ4n) is 3.77.